The number of piperazine rings is 1. The number of hydrogen-bond acceptors (Lipinski definition) is 4. The van der Waals surface area contributed by atoms with E-state index in [4.69, 9.17) is 0 Å². The molecule has 2 aromatic rings. The smallest absolute Gasteiger partial charge is 0.335 e. The molecule has 2 heterocycles. The van der Waals surface area contributed by atoms with E-state index in [2.05, 4.69) is 21.8 Å². The molecule has 1 amide bonds. The van der Waals surface area contributed by atoms with Crippen molar-refractivity contribution in [2.45, 2.75) is 13.8 Å². The van der Waals surface area contributed by atoms with Crippen LogP contribution in [-0.4, -0.2) is 58.4 Å². The van der Waals surface area contributed by atoms with E-state index in [-0.39, 0.29) is 22.9 Å². The van der Waals surface area contributed by atoms with E-state index < -0.39 is 11.5 Å². The van der Waals surface area contributed by atoms with Gasteiger partial charge in [0.15, 0.2) is 0 Å². The predicted octanol–water partition coefficient (Wildman–Crippen LogP) is 1.66. The Hall–Kier alpha value is -2.54. The summed E-state index contributed by atoms with van der Waals surface area (Å²) in [5.74, 6) is -0.733. The molecule has 1 aromatic carbocycles. The Kier molecular flexibility index (Phi) is 4.94. The second-order valence-electron chi connectivity index (χ2n) is 6.19. The molecule has 1 fully saturated rings. The first-order valence-corrected chi connectivity index (χ1v) is 8.37. The van der Waals surface area contributed by atoms with Crippen LogP contribution in [0.25, 0.3) is 11.3 Å². The third-order valence-corrected chi connectivity index (χ3v) is 4.48. The highest BCUT2D eigenvalue weighted by atomic mass is 19.1. The lowest BCUT2D eigenvalue weighted by molar-refractivity contribution is 0.0637. The lowest BCUT2D eigenvalue weighted by Gasteiger charge is -2.33. The molecule has 1 aromatic heterocycles. The average Bonchev–Trinajstić information content (AvgIpc) is 2.62. The van der Waals surface area contributed by atoms with Crippen LogP contribution in [0.2, 0.25) is 0 Å². The summed E-state index contributed by atoms with van der Waals surface area (Å²) in [7, 11) is 0. The number of halogens is 1. The number of carbonyl (C=O) groups is 1. The van der Waals surface area contributed by atoms with Gasteiger partial charge in [-0.15, -0.1) is 0 Å². The summed E-state index contributed by atoms with van der Waals surface area (Å²) in [4.78, 5) is 34.9. The van der Waals surface area contributed by atoms with Crippen LogP contribution in [0.3, 0.4) is 0 Å². The molecule has 0 saturated carbocycles. The third kappa shape index (κ3) is 3.76. The van der Waals surface area contributed by atoms with E-state index in [1.54, 1.807) is 17.0 Å². The molecule has 132 valence electrons. The largest absolute Gasteiger partial charge is 0.346 e. The Morgan fingerprint density at radius 3 is 2.64 bits per heavy atom. The predicted molar refractivity (Wildman–Crippen MR) is 93.0 cm³/mol. The van der Waals surface area contributed by atoms with Gasteiger partial charge in [-0.3, -0.25) is 4.79 Å². The van der Waals surface area contributed by atoms with E-state index in [9.17, 15) is 14.0 Å². The van der Waals surface area contributed by atoms with Gasteiger partial charge >= 0.3 is 5.69 Å². The number of aryl methyl sites for hydroxylation is 1. The number of benzene rings is 1. The van der Waals surface area contributed by atoms with Gasteiger partial charge in [0, 0.05) is 31.7 Å². The van der Waals surface area contributed by atoms with Crippen molar-refractivity contribution in [3.63, 3.8) is 0 Å². The molecule has 0 atom stereocenters. The maximum atomic E-state index is 14.1. The Balaban J connectivity index is 1.91. The molecule has 1 saturated heterocycles. The van der Waals surface area contributed by atoms with Gasteiger partial charge in [-0.05, 0) is 31.7 Å². The van der Waals surface area contributed by atoms with Crippen molar-refractivity contribution in [2.24, 2.45) is 0 Å². The van der Waals surface area contributed by atoms with E-state index in [1.165, 1.54) is 12.1 Å². The van der Waals surface area contributed by atoms with Crippen LogP contribution in [0.5, 0.6) is 0 Å². The minimum atomic E-state index is -0.658. The summed E-state index contributed by atoms with van der Waals surface area (Å²) in [6, 6.07) is 6.05. The first kappa shape index (κ1) is 17.3. The van der Waals surface area contributed by atoms with Crippen molar-refractivity contribution in [1.29, 1.82) is 0 Å². The fourth-order valence-electron chi connectivity index (χ4n) is 2.98. The van der Waals surface area contributed by atoms with Crippen molar-refractivity contribution in [3.8, 4) is 11.3 Å². The van der Waals surface area contributed by atoms with Crippen molar-refractivity contribution in [1.82, 2.24) is 19.8 Å². The Labute approximate surface area is 145 Å². The van der Waals surface area contributed by atoms with Crippen LogP contribution in [-0.2, 0) is 0 Å². The van der Waals surface area contributed by atoms with Gasteiger partial charge in [0.25, 0.3) is 5.91 Å². The summed E-state index contributed by atoms with van der Waals surface area (Å²) in [5.41, 5.74) is 0.716. The highest BCUT2D eigenvalue weighted by molar-refractivity contribution is 5.93. The second-order valence-corrected chi connectivity index (χ2v) is 6.19. The lowest BCUT2D eigenvalue weighted by atomic mass is 10.1. The van der Waals surface area contributed by atoms with Crippen LogP contribution in [0.4, 0.5) is 4.39 Å². The molecule has 0 spiro atoms. The number of aromatic nitrogens is 2. The number of carbonyl (C=O) groups excluding carboxylic acids is 1. The van der Waals surface area contributed by atoms with Crippen molar-refractivity contribution >= 4 is 5.91 Å². The molecule has 25 heavy (non-hydrogen) atoms. The fourth-order valence-corrected chi connectivity index (χ4v) is 2.98. The molecular formula is C18H21FN4O2. The van der Waals surface area contributed by atoms with Gasteiger partial charge in [0.05, 0.1) is 5.69 Å². The van der Waals surface area contributed by atoms with Gasteiger partial charge in [-0.1, -0.05) is 18.6 Å². The zero-order valence-electron chi connectivity index (χ0n) is 14.4. The molecule has 0 aliphatic carbocycles. The SMILES string of the molecule is CCN1CCN(C(=O)c2cc(-c3cc(C)ccc3F)nc(=O)[nH]2)CC1. The quantitative estimate of drug-likeness (QED) is 0.919. The summed E-state index contributed by atoms with van der Waals surface area (Å²) in [6.45, 7) is 7.67. The molecule has 0 bridgehead atoms. The maximum absolute atomic E-state index is 14.1. The molecule has 7 heteroatoms. The van der Waals surface area contributed by atoms with Gasteiger partial charge in [0.2, 0.25) is 0 Å². The van der Waals surface area contributed by atoms with Crippen molar-refractivity contribution < 1.29 is 9.18 Å². The molecule has 1 aliphatic heterocycles. The zero-order valence-corrected chi connectivity index (χ0v) is 14.4. The minimum Gasteiger partial charge on any atom is -0.335 e. The number of aromatic amines is 1. The molecule has 3 rings (SSSR count). The number of rotatable bonds is 3. The number of nitrogens with one attached hydrogen (secondary N) is 1. The number of likely N-dealkylation sites (N-methyl/N-ethyl adjacent to an activating group) is 1. The van der Waals surface area contributed by atoms with Crippen LogP contribution in [0, 0.1) is 12.7 Å². The molecule has 6 nitrogen and oxygen atoms in total. The van der Waals surface area contributed by atoms with E-state index in [0.29, 0.717) is 13.1 Å². The molecule has 0 unspecified atom stereocenters. The zero-order chi connectivity index (χ0) is 18.0. The summed E-state index contributed by atoms with van der Waals surface area (Å²) >= 11 is 0. The Morgan fingerprint density at radius 2 is 1.96 bits per heavy atom. The van der Waals surface area contributed by atoms with Crippen LogP contribution < -0.4 is 5.69 Å². The summed E-state index contributed by atoms with van der Waals surface area (Å²) in [5, 5.41) is 0. The van der Waals surface area contributed by atoms with E-state index in [1.807, 2.05) is 6.92 Å². The number of nitrogens with zero attached hydrogens (tertiary/aromatic N) is 3. The normalized spacial score (nSPS) is 15.4. The van der Waals surface area contributed by atoms with Crippen molar-refractivity contribution in [2.75, 3.05) is 32.7 Å². The average molecular weight is 344 g/mol. The minimum absolute atomic E-state index is 0.140. The van der Waals surface area contributed by atoms with Crippen LogP contribution in [0.1, 0.15) is 23.0 Å². The van der Waals surface area contributed by atoms with Gasteiger partial charge in [-0.2, -0.15) is 4.98 Å². The topological polar surface area (TPSA) is 69.3 Å². The van der Waals surface area contributed by atoms with Crippen LogP contribution >= 0.6 is 0 Å². The summed E-state index contributed by atoms with van der Waals surface area (Å²) in [6.07, 6.45) is 0. The first-order chi connectivity index (χ1) is 12.0. The Bertz CT molecular complexity index is 841. The van der Waals surface area contributed by atoms with Gasteiger partial charge in [0.1, 0.15) is 11.5 Å². The van der Waals surface area contributed by atoms with Gasteiger partial charge in [-0.25, -0.2) is 9.18 Å². The van der Waals surface area contributed by atoms with Crippen molar-refractivity contribution in [3.05, 3.63) is 51.8 Å². The molecule has 0 radical (unpaired) electrons. The highest BCUT2D eigenvalue weighted by Gasteiger charge is 2.23. The van der Waals surface area contributed by atoms with E-state index >= 15 is 0 Å². The number of amides is 1. The third-order valence-electron chi connectivity index (χ3n) is 4.48. The summed E-state index contributed by atoms with van der Waals surface area (Å²) < 4.78 is 14.1. The monoisotopic (exact) mass is 344 g/mol. The first-order valence-electron chi connectivity index (χ1n) is 8.37. The standard InChI is InChI=1S/C18H21FN4O2/c1-3-22-6-8-23(9-7-22)17(24)16-11-15(20-18(25)21-16)13-10-12(2)4-5-14(13)19/h4-5,10-11H,3,6-9H2,1-2H3,(H,20,21,25). The fraction of sp³-hybridized carbons (Fsp3) is 0.389. The molecule has 1 N–H and O–H groups in total. The number of hydrogen-bond donors (Lipinski definition) is 1. The second kappa shape index (κ2) is 7.14. The molecule has 1 aliphatic rings. The Morgan fingerprint density at radius 1 is 1.24 bits per heavy atom. The lowest BCUT2D eigenvalue weighted by Crippen LogP contribution is -2.48. The maximum Gasteiger partial charge on any atom is 0.346 e. The van der Waals surface area contributed by atoms with E-state index in [0.717, 1.165) is 25.2 Å². The molecular weight excluding hydrogens is 323 g/mol. The number of H-pyrrole nitrogens is 1. The van der Waals surface area contributed by atoms with Crippen LogP contribution in [0.15, 0.2) is 29.1 Å². The van der Waals surface area contributed by atoms with Gasteiger partial charge < -0.3 is 14.8 Å². The highest BCUT2D eigenvalue weighted by Crippen LogP contribution is 2.22.